The second kappa shape index (κ2) is 10.1. The highest BCUT2D eigenvalue weighted by atomic mass is 32.2. The zero-order valence-electron chi connectivity index (χ0n) is 15.1. The van der Waals surface area contributed by atoms with E-state index in [9.17, 15) is 4.79 Å². The van der Waals surface area contributed by atoms with Crippen molar-refractivity contribution < 1.29 is 9.53 Å². The van der Waals surface area contributed by atoms with Gasteiger partial charge in [-0.05, 0) is 50.1 Å². The second-order valence-electron chi connectivity index (χ2n) is 5.97. The molecule has 25 heavy (non-hydrogen) atoms. The van der Waals surface area contributed by atoms with Crippen LogP contribution in [0.4, 0.5) is 5.69 Å². The zero-order valence-corrected chi connectivity index (χ0v) is 15.9. The van der Waals surface area contributed by atoms with Crippen LogP contribution in [0.3, 0.4) is 0 Å². The molecule has 0 radical (unpaired) electrons. The van der Waals surface area contributed by atoms with Gasteiger partial charge in [0.25, 0.3) is 0 Å². The van der Waals surface area contributed by atoms with Crippen LogP contribution in [0, 0.1) is 6.92 Å². The Morgan fingerprint density at radius 3 is 2.72 bits per heavy atom. The number of carbonyl (C=O) groups excluding carboxylic acids is 1. The number of nitrogens with one attached hydrogen (secondary N) is 1. The van der Waals surface area contributed by atoms with Crippen LogP contribution in [0.2, 0.25) is 0 Å². The van der Waals surface area contributed by atoms with Gasteiger partial charge in [0.15, 0.2) is 0 Å². The molecule has 0 aliphatic heterocycles. The molecule has 2 aromatic rings. The lowest BCUT2D eigenvalue weighted by Gasteiger charge is -2.17. The van der Waals surface area contributed by atoms with E-state index in [1.807, 2.05) is 68.8 Å². The van der Waals surface area contributed by atoms with Crippen molar-refractivity contribution in [3.05, 3.63) is 54.1 Å². The first-order valence-corrected chi connectivity index (χ1v) is 9.62. The van der Waals surface area contributed by atoms with E-state index in [0.717, 1.165) is 22.9 Å². The van der Waals surface area contributed by atoms with Crippen molar-refractivity contribution in [2.24, 2.45) is 0 Å². The maximum absolute atomic E-state index is 12.1. The van der Waals surface area contributed by atoms with E-state index < -0.39 is 0 Å². The molecule has 0 aromatic heterocycles. The second-order valence-corrected chi connectivity index (χ2v) is 6.81. The van der Waals surface area contributed by atoms with Gasteiger partial charge in [-0.2, -0.15) is 0 Å². The standard InChI is InChI=1S/C20H26N2O2S/c1-16-7-6-8-17(15-16)24-14-13-22(2)12-11-20(23)21-18-9-4-5-10-19(18)25-3/h4-10,15H,11-14H2,1-3H3,(H,21,23). The highest BCUT2D eigenvalue weighted by Gasteiger charge is 2.08. The van der Waals surface area contributed by atoms with Gasteiger partial charge < -0.3 is 15.0 Å². The number of carbonyl (C=O) groups is 1. The predicted octanol–water partition coefficient (Wildman–Crippen LogP) is 4.06. The minimum atomic E-state index is 0.0351. The van der Waals surface area contributed by atoms with Crippen molar-refractivity contribution >= 4 is 23.4 Å². The molecule has 0 heterocycles. The molecule has 0 bridgehead atoms. The molecule has 0 saturated heterocycles. The van der Waals surface area contributed by atoms with Crippen molar-refractivity contribution in [2.45, 2.75) is 18.2 Å². The Hall–Kier alpha value is -1.98. The Labute approximate surface area is 154 Å². The molecule has 0 aliphatic rings. The first-order chi connectivity index (χ1) is 12.1. The SMILES string of the molecule is CSc1ccccc1NC(=O)CCN(C)CCOc1cccc(C)c1. The summed E-state index contributed by atoms with van der Waals surface area (Å²) in [6.45, 7) is 4.14. The maximum atomic E-state index is 12.1. The summed E-state index contributed by atoms with van der Waals surface area (Å²) in [6, 6.07) is 15.9. The number of rotatable bonds is 9. The molecule has 134 valence electrons. The molecule has 1 amide bonds. The fourth-order valence-corrected chi connectivity index (χ4v) is 2.94. The number of aryl methyl sites for hydroxylation is 1. The largest absolute Gasteiger partial charge is 0.492 e. The molecule has 0 unspecified atom stereocenters. The van der Waals surface area contributed by atoms with Crippen LogP contribution in [-0.2, 0) is 4.79 Å². The maximum Gasteiger partial charge on any atom is 0.225 e. The highest BCUT2D eigenvalue weighted by Crippen LogP contribution is 2.24. The van der Waals surface area contributed by atoms with Gasteiger partial charge in [0.2, 0.25) is 5.91 Å². The fraction of sp³-hybridized carbons (Fsp3) is 0.350. The molecule has 0 spiro atoms. The Morgan fingerprint density at radius 2 is 1.96 bits per heavy atom. The summed E-state index contributed by atoms with van der Waals surface area (Å²) in [4.78, 5) is 15.3. The highest BCUT2D eigenvalue weighted by molar-refractivity contribution is 7.98. The lowest BCUT2D eigenvalue weighted by atomic mass is 10.2. The number of nitrogens with zero attached hydrogens (tertiary/aromatic N) is 1. The van der Waals surface area contributed by atoms with E-state index in [-0.39, 0.29) is 5.91 Å². The van der Waals surface area contributed by atoms with Gasteiger partial charge in [-0.25, -0.2) is 0 Å². The average molecular weight is 359 g/mol. The Morgan fingerprint density at radius 1 is 1.16 bits per heavy atom. The molecule has 2 aromatic carbocycles. The number of amides is 1. The lowest BCUT2D eigenvalue weighted by Crippen LogP contribution is -2.28. The van der Waals surface area contributed by atoms with Crippen molar-refractivity contribution in [3.63, 3.8) is 0 Å². The van der Waals surface area contributed by atoms with Crippen LogP contribution in [0.25, 0.3) is 0 Å². The van der Waals surface area contributed by atoms with E-state index >= 15 is 0 Å². The molecule has 2 rings (SSSR count). The van der Waals surface area contributed by atoms with Gasteiger partial charge in [0.05, 0.1) is 5.69 Å². The Kier molecular flexibility index (Phi) is 7.82. The van der Waals surface area contributed by atoms with Gasteiger partial charge in [-0.1, -0.05) is 24.3 Å². The molecule has 5 heteroatoms. The molecule has 0 aliphatic carbocycles. The molecule has 1 N–H and O–H groups in total. The lowest BCUT2D eigenvalue weighted by molar-refractivity contribution is -0.116. The van der Waals surface area contributed by atoms with Crippen LogP contribution in [-0.4, -0.2) is 43.8 Å². The summed E-state index contributed by atoms with van der Waals surface area (Å²) >= 11 is 1.63. The third kappa shape index (κ3) is 6.80. The molecule has 0 fully saturated rings. The quantitative estimate of drug-likeness (QED) is 0.687. The first kappa shape index (κ1) is 19.3. The minimum Gasteiger partial charge on any atom is -0.492 e. The zero-order chi connectivity index (χ0) is 18.1. The first-order valence-electron chi connectivity index (χ1n) is 8.39. The van der Waals surface area contributed by atoms with Crippen LogP contribution in [0.1, 0.15) is 12.0 Å². The van der Waals surface area contributed by atoms with E-state index in [4.69, 9.17) is 4.74 Å². The minimum absolute atomic E-state index is 0.0351. The van der Waals surface area contributed by atoms with Crippen LogP contribution in [0.15, 0.2) is 53.4 Å². The summed E-state index contributed by atoms with van der Waals surface area (Å²) < 4.78 is 5.75. The molecular formula is C20H26N2O2S. The van der Waals surface area contributed by atoms with Gasteiger partial charge in [0, 0.05) is 24.4 Å². The van der Waals surface area contributed by atoms with Gasteiger partial charge >= 0.3 is 0 Å². The molecule has 0 atom stereocenters. The van der Waals surface area contributed by atoms with Crippen molar-refractivity contribution in [1.82, 2.24) is 4.90 Å². The number of para-hydroxylation sites is 1. The number of likely N-dealkylation sites (N-methyl/N-ethyl adjacent to an activating group) is 1. The van der Waals surface area contributed by atoms with E-state index in [2.05, 4.69) is 10.2 Å². The van der Waals surface area contributed by atoms with E-state index in [0.29, 0.717) is 19.6 Å². The summed E-state index contributed by atoms with van der Waals surface area (Å²) in [6.07, 6.45) is 2.47. The van der Waals surface area contributed by atoms with E-state index in [1.165, 1.54) is 5.56 Å². The number of ether oxygens (including phenoxy) is 1. The fourth-order valence-electron chi connectivity index (χ4n) is 2.39. The Bertz CT molecular complexity index is 691. The number of hydrogen-bond acceptors (Lipinski definition) is 4. The molecule has 0 saturated carbocycles. The third-order valence-electron chi connectivity index (χ3n) is 3.83. The number of benzene rings is 2. The van der Waals surface area contributed by atoms with Crippen LogP contribution >= 0.6 is 11.8 Å². The topological polar surface area (TPSA) is 41.6 Å². The summed E-state index contributed by atoms with van der Waals surface area (Å²) in [5.41, 5.74) is 2.07. The monoisotopic (exact) mass is 358 g/mol. The van der Waals surface area contributed by atoms with Gasteiger partial charge in [0.1, 0.15) is 12.4 Å². The smallest absolute Gasteiger partial charge is 0.225 e. The average Bonchev–Trinajstić information content (AvgIpc) is 2.60. The summed E-state index contributed by atoms with van der Waals surface area (Å²) in [5, 5.41) is 2.99. The summed E-state index contributed by atoms with van der Waals surface area (Å²) in [5.74, 6) is 0.924. The number of thioether (sulfide) groups is 1. The predicted molar refractivity (Wildman–Crippen MR) is 106 cm³/mol. The van der Waals surface area contributed by atoms with Crippen LogP contribution < -0.4 is 10.1 Å². The Balaban J connectivity index is 1.68. The van der Waals surface area contributed by atoms with Crippen molar-refractivity contribution in [1.29, 1.82) is 0 Å². The van der Waals surface area contributed by atoms with Gasteiger partial charge in [-0.15, -0.1) is 11.8 Å². The normalized spacial score (nSPS) is 10.7. The van der Waals surface area contributed by atoms with Gasteiger partial charge in [-0.3, -0.25) is 4.79 Å². The summed E-state index contributed by atoms with van der Waals surface area (Å²) in [7, 11) is 2.00. The number of anilines is 1. The number of hydrogen-bond donors (Lipinski definition) is 1. The van der Waals surface area contributed by atoms with Crippen molar-refractivity contribution in [2.75, 3.05) is 38.3 Å². The van der Waals surface area contributed by atoms with Crippen molar-refractivity contribution in [3.8, 4) is 5.75 Å². The molecule has 4 nitrogen and oxygen atoms in total. The van der Waals surface area contributed by atoms with E-state index in [1.54, 1.807) is 11.8 Å². The van der Waals surface area contributed by atoms with Crippen LogP contribution in [0.5, 0.6) is 5.75 Å². The third-order valence-corrected chi connectivity index (χ3v) is 4.63. The molecular weight excluding hydrogens is 332 g/mol.